The molecule has 0 atom stereocenters. The Morgan fingerprint density at radius 3 is 2.66 bits per heavy atom. The Morgan fingerprint density at radius 2 is 1.89 bits per heavy atom. The maximum Gasteiger partial charge on any atom is 0.337 e. The lowest BCUT2D eigenvalue weighted by molar-refractivity contribution is 0.0600. The SMILES string of the molecule is COC(=O)c1ccc(Oc2coc3c4c(ccc3c2=O)OCN(CCc2ccccc2Cl)C4)cc1. The van der Waals surface area contributed by atoms with Crippen molar-refractivity contribution < 1.29 is 23.4 Å². The third-order valence-corrected chi connectivity index (χ3v) is 6.28. The van der Waals surface area contributed by atoms with Crippen LogP contribution in [-0.4, -0.2) is 31.3 Å². The van der Waals surface area contributed by atoms with Crippen LogP contribution in [0.2, 0.25) is 5.02 Å². The summed E-state index contributed by atoms with van der Waals surface area (Å²) in [6.07, 6.45) is 2.09. The lowest BCUT2D eigenvalue weighted by Gasteiger charge is -2.29. The molecule has 0 saturated carbocycles. The summed E-state index contributed by atoms with van der Waals surface area (Å²) in [5.74, 6) is 0.697. The Hall–Kier alpha value is -3.81. The van der Waals surface area contributed by atoms with Crippen molar-refractivity contribution in [3.8, 4) is 17.2 Å². The van der Waals surface area contributed by atoms with Crippen LogP contribution in [0.5, 0.6) is 17.2 Å². The number of benzene rings is 3. The number of hydrogen-bond acceptors (Lipinski definition) is 7. The zero-order valence-corrected chi connectivity index (χ0v) is 19.7. The largest absolute Gasteiger partial charge is 0.478 e. The number of methoxy groups -OCH3 is 1. The Labute approximate surface area is 206 Å². The molecule has 1 aliphatic rings. The van der Waals surface area contributed by atoms with Crippen LogP contribution >= 0.6 is 11.6 Å². The second-order valence-electron chi connectivity index (χ2n) is 8.13. The summed E-state index contributed by atoms with van der Waals surface area (Å²) in [6.45, 7) is 1.76. The normalized spacial score (nSPS) is 13.2. The minimum atomic E-state index is -0.449. The highest BCUT2D eigenvalue weighted by Gasteiger charge is 2.23. The highest BCUT2D eigenvalue weighted by atomic mass is 35.5. The maximum atomic E-state index is 13.1. The summed E-state index contributed by atoms with van der Waals surface area (Å²) in [4.78, 5) is 26.9. The molecule has 0 N–H and O–H groups in total. The summed E-state index contributed by atoms with van der Waals surface area (Å²) in [6, 6.07) is 17.6. The van der Waals surface area contributed by atoms with E-state index < -0.39 is 5.97 Å². The van der Waals surface area contributed by atoms with Crippen LogP contribution in [0.25, 0.3) is 11.0 Å². The predicted octanol–water partition coefficient (Wildman–Crippen LogP) is 5.42. The second kappa shape index (κ2) is 9.82. The molecule has 35 heavy (non-hydrogen) atoms. The zero-order valence-electron chi connectivity index (χ0n) is 19.0. The molecule has 5 rings (SSSR count). The first-order valence-electron chi connectivity index (χ1n) is 11.1. The molecular weight excluding hydrogens is 470 g/mol. The van der Waals surface area contributed by atoms with Crippen LogP contribution in [0.15, 0.2) is 76.1 Å². The number of carbonyl (C=O) groups excluding carboxylic acids is 1. The summed E-state index contributed by atoms with van der Waals surface area (Å²) < 4.78 is 22.2. The average molecular weight is 492 g/mol. The van der Waals surface area contributed by atoms with Gasteiger partial charge in [0.2, 0.25) is 11.2 Å². The van der Waals surface area contributed by atoms with Gasteiger partial charge in [-0.05, 0) is 54.4 Å². The van der Waals surface area contributed by atoms with Crippen molar-refractivity contribution >= 4 is 28.5 Å². The lowest BCUT2D eigenvalue weighted by atomic mass is 10.1. The van der Waals surface area contributed by atoms with Crippen molar-refractivity contribution in [3.63, 3.8) is 0 Å². The van der Waals surface area contributed by atoms with Gasteiger partial charge in [-0.25, -0.2) is 4.79 Å². The van der Waals surface area contributed by atoms with E-state index in [1.54, 1.807) is 36.4 Å². The Bertz CT molecular complexity index is 1450. The van der Waals surface area contributed by atoms with Gasteiger partial charge in [-0.15, -0.1) is 0 Å². The van der Waals surface area contributed by atoms with Crippen molar-refractivity contribution in [1.82, 2.24) is 4.90 Å². The van der Waals surface area contributed by atoms with Crippen LogP contribution in [-0.2, 0) is 17.7 Å². The summed E-state index contributed by atoms with van der Waals surface area (Å²) in [5.41, 5.74) is 2.46. The molecule has 0 amide bonds. The molecule has 0 saturated heterocycles. The molecule has 4 aromatic rings. The van der Waals surface area contributed by atoms with E-state index in [-0.39, 0.29) is 11.2 Å². The second-order valence-corrected chi connectivity index (χ2v) is 8.54. The summed E-state index contributed by atoms with van der Waals surface area (Å²) in [5, 5.41) is 1.15. The highest BCUT2D eigenvalue weighted by Crippen LogP contribution is 2.33. The minimum absolute atomic E-state index is 0.0515. The summed E-state index contributed by atoms with van der Waals surface area (Å²) in [7, 11) is 1.31. The number of nitrogens with zero attached hydrogens (tertiary/aromatic N) is 1. The topological polar surface area (TPSA) is 78.2 Å². The molecule has 0 fully saturated rings. The lowest BCUT2D eigenvalue weighted by Crippen LogP contribution is -2.33. The first-order valence-corrected chi connectivity index (χ1v) is 11.4. The monoisotopic (exact) mass is 491 g/mol. The number of hydrogen-bond donors (Lipinski definition) is 0. The number of carbonyl (C=O) groups is 1. The molecule has 0 radical (unpaired) electrons. The van der Waals surface area contributed by atoms with Gasteiger partial charge in [0.15, 0.2) is 0 Å². The fourth-order valence-corrected chi connectivity index (χ4v) is 4.26. The zero-order chi connectivity index (χ0) is 24.4. The Morgan fingerprint density at radius 1 is 1.09 bits per heavy atom. The molecule has 0 aliphatic carbocycles. The van der Waals surface area contributed by atoms with Gasteiger partial charge in [0, 0.05) is 18.1 Å². The van der Waals surface area contributed by atoms with Crippen molar-refractivity contribution in [2.45, 2.75) is 13.0 Å². The van der Waals surface area contributed by atoms with E-state index in [0.717, 1.165) is 29.1 Å². The maximum absolute atomic E-state index is 13.1. The first-order chi connectivity index (χ1) is 17.0. The van der Waals surface area contributed by atoms with E-state index in [1.165, 1.54) is 13.4 Å². The van der Waals surface area contributed by atoms with Crippen LogP contribution in [0.3, 0.4) is 0 Å². The molecule has 178 valence electrons. The van der Waals surface area contributed by atoms with Gasteiger partial charge < -0.3 is 18.6 Å². The third-order valence-electron chi connectivity index (χ3n) is 5.91. The Kier molecular flexibility index (Phi) is 6.44. The number of ether oxygens (including phenoxy) is 3. The standard InChI is InChI=1S/C27H22ClNO6/c1-32-27(31)18-6-8-19(9-7-18)35-24-15-33-26-20(25(24)30)10-11-23-21(26)14-29(16-34-23)13-12-17-4-2-3-5-22(17)28/h2-11,15H,12-14,16H2,1H3. The highest BCUT2D eigenvalue weighted by molar-refractivity contribution is 6.31. The first kappa shape index (κ1) is 23.0. The average Bonchev–Trinajstić information content (AvgIpc) is 2.89. The van der Waals surface area contributed by atoms with Gasteiger partial charge in [0.25, 0.3) is 0 Å². The van der Waals surface area contributed by atoms with Crippen LogP contribution in [0.1, 0.15) is 21.5 Å². The number of halogens is 1. The van der Waals surface area contributed by atoms with E-state index >= 15 is 0 Å². The Balaban J connectivity index is 1.36. The van der Waals surface area contributed by atoms with E-state index in [0.29, 0.717) is 41.3 Å². The van der Waals surface area contributed by atoms with E-state index in [9.17, 15) is 9.59 Å². The molecule has 0 unspecified atom stereocenters. The molecule has 1 aliphatic heterocycles. The van der Waals surface area contributed by atoms with Gasteiger partial charge in [0.1, 0.15) is 30.1 Å². The molecule has 8 heteroatoms. The fraction of sp³-hybridized carbons (Fsp3) is 0.185. The van der Waals surface area contributed by atoms with Crippen LogP contribution in [0, 0.1) is 0 Å². The van der Waals surface area contributed by atoms with Crippen LogP contribution in [0.4, 0.5) is 0 Å². The van der Waals surface area contributed by atoms with Gasteiger partial charge in [0.05, 0.1) is 23.6 Å². The van der Waals surface area contributed by atoms with E-state index in [2.05, 4.69) is 4.90 Å². The van der Waals surface area contributed by atoms with Gasteiger partial charge in [-0.2, -0.15) is 0 Å². The fourth-order valence-electron chi connectivity index (χ4n) is 4.03. The smallest absolute Gasteiger partial charge is 0.337 e. The molecule has 0 spiro atoms. The number of fused-ring (bicyclic) bond motifs is 3. The van der Waals surface area contributed by atoms with Crippen molar-refractivity contribution in [2.75, 3.05) is 20.4 Å². The van der Waals surface area contributed by atoms with Crippen LogP contribution < -0.4 is 14.9 Å². The molecule has 2 heterocycles. The van der Waals surface area contributed by atoms with Crippen molar-refractivity contribution in [3.05, 3.63) is 98.9 Å². The molecule has 3 aromatic carbocycles. The van der Waals surface area contributed by atoms with E-state index in [4.69, 9.17) is 30.2 Å². The van der Waals surface area contributed by atoms with Crippen molar-refractivity contribution in [2.24, 2.45) is 0 Å². The molecular formula is C27H22ClNO6. The minimum Gasteiger partial charge on any atom is -0.478 e. The van der Waals surface area contributed by atoms with E-state index in [1.807, 2.05) is 24.3 Å². The van der Waals surface area contributed by atoms with Gasteiger partial charge in [-0.3, -0.25) is 9.69 Å². The summed E-state index contributed by atoms with van der Waals surface area (Å²) >= 11 is 6.29. The molecule has 1 aromatic heterocycles. The number of esters is 1. The number of rotatable bonds is 6. The van der Waals surface area contributed by atoms with Gasteiger partial charge in [-0.1, -0.05) is 29.8 Å². The quantitative estimate of drug-likeness (QED) is 0.333. The molecule has 0 bridgehead atoms. The van der Waals surface area contributed by atoms with Crippen molar-refractivity contribution in [1.29, 1.82) is 0 Å². The molecule has 7 nitrogen and oxygen atoms in total. The predicted molar refractivity (Wildman–Crippen MR) is 131 cm³/mol. The van der Waals surface area contributed by atoms with Gasteiger partial charge >= 0.3 is 5.97 Å². The third kappa shape index (κ3) is 4.73.